The molecular formula is C21H17B3F4N6O3. The molecule has 186 valence electrons. The molecule has 4 rings (SSSR count). The monoisotopic (exact) mass is 510 g/mol. The Morgan fingerprint density at radius 1 is 1.16 bits per heavy atom. The molecule has 1 aliphatic heterocycles. The summed E-state index contributed by atoms with van der Waals surface area (Å²) >= 11 is 0. The maximum atomic E-state index is 15.2. The lowest BCUT2D eigenvalue weighted by Gasteiger charge is -2.63. The quantitative estimate of drug-likeness (QED) is 0.392. The van der Waals surface area contributed by atoms with Gasteiger partial charge in [0.25, 0.3) is 5.91 Å². The maximum Gasteiger partial charge on any atom is 0.418 e. The zero-order valence-electron chi connectivity index (χ0n) is 19.7. The van der Waals surface area contributed by atoms with Gasteiger partial charge in [-0.05, 0) is 38.1 Å². The molecule has 6 radical (unpaired) electrons. The summed E-state index contributed by atoms with van der Waals surface area (Å²) in [5, 5.41) is 12.1. The number of fused-ring (bicyclic) bond motifs is 1. The highest BCUT2D eigenvalue weighted by atomic mass is 19.4. The lowest BCUT2D eigenvalue weighted by Crippen LogP contribution is -2.85. The molecule has 1 aromatic carbocycles. The van der Waals surface area contributed by atoms with Gasteiger partial charge in [-0.25, -0.2) is 13.9 Å². The number of carbonyl (C=O) groups excluding carboxylic acids is 2. The minimum absolute atomic E-state index is 0.0593. The van der Waals surface area contributed by atoms with E-state index in [1.54, 1.807) is 0 Å². The molecule has 3 heterocycles. The second kappa shape index (κ2) is 7.97. The minimum Gasteiger partial charge on any atom is -0.382 e. The molecule has 2 amide bonds. The number of hydrogen-bond acceptors (Lipinski definition) is 6. The fraction of sp³-hybridized carbons (Fsp3) is 0.333. The van der Waals surface area contributed by atoms with Crippen molar-refractivity contribution in [1.82, 2.24) is 19.5 Å². The molecule has 9 nitrogen and oxygen atoms in total. The Bertz CT molecular complexity index is 1460. The van der Waals surface area contributed by atoms with Gasteiger partial charge in [0.2, 0.25) is 5.91 Å². The fourth-order valence-electron chi connectivity index (χ4n) is 4.58. The largest absolute Gasteiger partial charge is 0.418 e. The highest BCUT2D eigenvalue weighted by Gasteiger charge is 2.61. The average molecular weight is 510 g/mol. The summed E-state index contributed by atoms with van der Waals surface area (Å²) in [7, 11) is 18.1. The van der Waals surface area contributed by atoms with E-state index >= 15 is 4.39 Å². The average Bonchev–Trinajstić information content (AvgIpc) is 3.15. The van der Waals surface area contributed by atoms with E-state index in [4.69, 9.17) is 29.3 Å². The van der Waals surface area contributed by atoms with E-state index in [1.165, 1.54) is 13.8 Å². The summed E-state index contributed by atoms with van der Waals surface area (Å²) in [5.41, 5.74) is -1.65. The van der Waals surface area contributed by atoms with Crippen LogP contribution in [0.15, 0.2) is 30.6 Å². The SMILES string of the molecule is [B]C1([B])N(c2cc(-c3cc(C(F)(F)F)c4c(N)ncnn34)ccc2F)C(=O)C(C)(C)N(C(C)=O)C1([B])O. The van der Waals surface area contributed by atoms with Crippen molar-refractivity contribution in [3.05, 3.63) is 42.0 Å². The van der Waals surface area contributed by atoms with Gasteiger partial charge in [-0.1, -0.05) is 0 Å². The normalized spacial score (nSPS) is 21.5. The molecule has 0 spiro atoms. The van der Waals surface area contributed by atoms with Crippen LogP contribution in [0.1, 0.15) is 26.3 Å². The van der Waals surface area contributed by atoms with Crippen LogP contribution in [-0.2, 0) is 15.8 Å². The van der Waals surface area contributed by atoms with Crippen molar-refractivity contribution in [3.63, 3.8) is 0 Å². The molecule has 1 atom stereocenters. The number of piperazine rings is 1. The molecule has 1 aliphatic rings. The van der Waals surface area contributed by atoms with Crippen LogP contribution < -0.4 is 10.6 Å². The zero-order chi connectivity index (χ0) is 27.9. The number of carbonyl (C=O) groups is 2. The first-order valence-corrected chi connectivity index (χ1v) is 10.6. The number of nitrogen functional groups attached to an aromatic ring is 1. The first-order valence-electron chi connectivity index (χ1n) is 10.6. The molecule has 1 fully saturated rings. The fourth-order valence-corrected chi connectivity index (χ4v) is 4.58. The van der Waals surface area contributed by atoms with E-state index < -0.39 is 62.9 Å². The van der Waals surface area contributed by atoms with Crippen LogP contribution in [0, 0.1) is 5.82 Å². The molecular weight excluding hydrogens is 493 g/mol. The van der Waals surface area contributed by atoms with E-state index in [2.05, 4.69) is 10.1 Å². The number of nitrogens with two attached hydrogens (primary N) is 1. The van der Waals surface area contributed by atoms with Crippen molar-refractivity contribution in [2.45, 2.75) is 43.4 Å². The number of amides is 2. The second-order valence-corrected chi connectivity index (χ2v) is 9.12. The highest BCUT2D eigenvalue weighted by molar-refractivity contribution is 6.49. The zero-order valence-corrected chi connectivity index (χ0v) is 19.7. The lowest BCUT2D eigenvalue weighted by atomic mass is 9.46. The smallest absolute Gasteiger partial charge is 0.382 e. The van der Waals surface area contributed by atoms with Crippen LogP contribution in [0.5, 0.6) is 0 Å². The Balaban J connectivity index is 1.97. The number of halogens is 4. The van der Waals surface area contributed by atoms with Gasteiger partial charge in [-0.2, -0.15) is 18.3 Å². The Morgan fingerprint density at radius 3 is 2.35 bits per heavy atom. The van der Waals surface area contributed by atoms with E-state index in [9.17, 15) is 27.9 Å². The van der Waals surface area contributed by atoms with Gasteiger partial charge in [0, 0.05) is 17.8 Å². The lowest BCUT2D eigenvalue weighted by molar-refractivity contribution is -0.174. The number of hydrogen-bond donors (Lipinski definition) is 2. The Morgan fingerprint density at radius 2 is 1.78 bits per heavy atom. The number of rotatable bonds is 2. The van der Waals surface area contributed by atoms with Gasteiger partial charge in [0.15, 0.2) is 5.82 Å². The van der Waals surface area contributed by atoms with Crippen LogP contribution in [0.25, 0.3) is 16.8 Å². The number of aliphatic hydroxyl groups is 1. The summed E-state index contributed by atoms with van der Waals surface area (Å²) < 4.78 is 57.3. The number of anilines is 2. The molecule has 2 aromatic heterocycles. The summed E-state index contributed by atoms with van der Waals surface area (Å²) in [6.45, 7) is 3.48. The Hall–Kier alpha value is -3.55. The van der Waals surface area contributed by atoms with Crippen molar-refractivity contribution in [1.29, 1.82) is 0 Å². The maximum absolute atomic E-state index is 15.2. The summed E-state index contributed by atoms with van der Waals surface area (Å²) in [4.78, 5) is 30.4. The van der Waals surface area contributed by atoms with E-state index in [-0.39, 0.29) is 11.3 Å². The number of nitrogens with zero attached hydrogens (tertiary/aromatic N) is 5. The van der Waals surface area contributed by atoms with Crippen LogP contribution in [0.3, 0.4) is 0 Å². The third-order valence-corrected chi connectivity index (χ3v) is 6.27. The van der Waals surface area contributed by atoms with E-state index in [0.717, 1.165) is 42.0 Å². The predicted octanol–water partition coefficient (Wildman–Crippen LogP) is 0.915. The summed E-state index contributed by atoms with van der Waals surface area (Å²) in [6.07, 6.45) is -3.91. The standard InChI is InChI=1S/C21H17B3F4N6O3/c1-9(35)34-18(2,3)17(36)32(20(22,23)21(34,24)37)14-6-10(4-5-12(14)25)13-7-11(19(26,27)28)15-16(29)30-8-31-33(13)15/h4-8,37H,1-3H3,(H2,29,30,31). The summed E-state index contributed by atoms with van der Waals surface area (Å²) in [5.74, 6) is -3.41. The van der Waals surface area contributed by atoms with E-state index in [0.29, 0.717) is 9.80 Å². The van der Waals surface area contributed by atoms with Gasteiger partial charge in [0.05, 0.1) is 32.6 Å². The molecule has 1 unspecified atom stereocenters. The van der Waals surface area contributed by atoms with Crippen LogP contribution >= 0.6 is 0 Å². The van der Waals surface area contributed by atoms with Crippen molar-refractivity contribution in [2.75, 3.05) is 10.6 Å². The second-order valence-electron chi connectivity index (χ2n) is 9.12. The van der Waals surface area contributed by atoms with E-state index in [1.807, 2.05) is 0 Å². The van der Waals surface area contributed by atoms with Gasteiger partial charge >= 0.3 is 6.18 Å². The van der Waals surface area contributed by atoms with Gasteiger partial charge < -0.3 is 20.6 Å². The molecule has 1 saturated heterocycles. The minimum atomic E-state index is -4.84. The molecule has 0 saturated carbocycles. The van der Waals surface area contributed by atoms with Crippen molar-refractivity contribution >= 4 is 52.4 Å². The molecule has 37 heavy (non-hydrogen) atoms. The summed E-state index contributed by atoms with van der Waals surface area (Å²) in [6, 6.07) is 3.70. The molecule has 16 heteroatoms. The van der Waals surface area contributed by atoms with Gasteiger partial charge in [0.1, 0.15) is 36.7 Å². The molecule has 0 aliphatic carbocycles. The van der Waals surface area contributed by atoms with Crippen LogP contribution in [-0.4, -0.2) is 76.5 Å². The Labute approximate surface area is 211 Å². The van der Waals surface area contributed by atoms with Crippen LogP contribution in [0.2, 0.25) is 0 Å². The first kappa shape index (κ1) is 26.5. The first-order chi connectivity index (χ1) is 16.8. The van der Waals surface area contributed by atoms with Crippen molar-refractivity contribution < 1.29 is 32.3 Å². The third-order valence-electron chi connectivity index (χ3n) is 6.27. The van der Waals surface area contributed by atoms with Crippen LogP contribution in [0.4, 0.5) is 29.1 Å². The number of aromatic nitrogens is 3. The third kappa shape index (κ3) is 3.68. The van der Waals surface area contributed by atoms with Gasteiger partial charge in [-0.3, -0.25) is 9.59 Å². The van der Waals surface area contributed by atoms with Crippen molar-refractivity contribution in [2.24, 2.45) is 0 Å². The number of alkyl halides is 3. The molecule has 3 N–H and O–H groups in total. The molecule has 0 bridgehead atoms. The topological polar surface area (TPSA) is 117 Å². The Kier molecular flexibility index (Phi) is 5.72. The highest BCUT2D eigenvalue weighted by Crippen LogP contribution is 2.44. The molecule has 3 aromatic rings. The predicted molar refractivity (Wildman–Crippen MR) is 127 cm³/mol. The van der Waals surface area contributed by atoms with Crippen molar-refractivity contribution in [3.8, 4) is 11.3 Å². The number of benzene rings is 1. The van der Waals surface area contributed by atoms with Gasteiger partial charge in [-0.15, -0.1) is 0 Å².